The van der Waals surface area contributed by atoms with Gasteiger partial charge in [0.2, 0.25) is 0 Å². The molecule has 0 bridgehead atoms. The molecule has 0 aliphatic carbocycles. The first kappa shape index (κ1) is 14.6. The van der Waals surface area contributed by atoms with Crippen LogP contribution in [0.15, 0.2) is 18.2 Å². The van der Waals surface area contributed by atoms with Crippen molar-refractivity contribution >= 4 is 22.0 Å². The van der Waals surface area contributed by atoms with E-state index in [4.69, 9.17) is 10.00 Å². The second kappa shape index (κ2) is 5.92. The van der Waals surface area contributed by atoms with E-state index in [2.05, 4.69) is 9.46 Å². The number of nitrogens with one attached hydrogen (secondary N) is 2. The molecule has 0 unspecified atom stereocenters. The first-order valence-electron chi connectivity index (χ1n) is 4.88. The topological polar surface area (TPSA) is 118 Å². The van der Waals surface area contributed by atoms with Crippen LogP contribution in [-0.2, 0) is 14.9 Å². The molecule has 9 heteroatoms. The normalized spacial score (nSPS) is 10.2. The zero-order chi connectivity index (χ0) is 14.5. The maximum Gasteiger partial charge on any atom is 0.422 e. The summed E-state index contributed by atoms with van der Waals surface area (Å²) in [6.07, 6.45) is -1.12. The number of anilines is 1. The van der Waals surface area contributed by atoms with Gasteiger partial charge in [-0.05, 0) is 12.1 Å². The molecule has 0 atom stereocenters. The Morgan fingerprint density at radius 1 is 1.37 bits per heavy atom. The van der Waals surface area contributed by atoms with Crippen molar-refractivity contribution in [3.63, 3.8) is 0 Å². The van der Waals surface area contributed by atoms with Gasteiger partial charge in [0, 0.05) is 6.07 Å². The number of benzene rings is 1. The largest absolute Gasteiger partial charge is 0.495 e. The number of methoxy groups -OCH3 is 2. The average molecular weight is 285 g/mol. The van der Waals surface area contributed by atoms with Crippen molar-refractivity contribution in [2.75, 3.05) is 18.9 Å². The standard InChI is InChI=1S/C10H11N3O5S/c1-17-9-5-7(6-11)3-4-8(9)12-19(15,16)13-10(14)18-2/h3-5,12H,1-2H3,(H,13,14). The summed E-state index contributed by atoms with van der Waals surface area (Å²) in [6.45, 7) is 0. The number of hydrogen-bond acceptors (Lipinski definition) is 6. The average Bonchev–Trinajstić information content (AvgIpc) is 2.38. The lowest BCUT2D eigenvalue weighted by atomic mass is 10.2. The predicted octanol–water partition coefficient (Wildman–Crippen LogP) is 0.580. The minimum absolute atomic E-state index is 0.0814. The summed E-state index contributed by atoms with van der Waals surface area (Å²) in [7, 11) is -1.78. The summed E-state index contributed by atoms with van der Waals surface area (Å²) in [5.74, 6) is 0.147. The summed E-state index contributed by atoms with van der Waals surface area (Å²) in [4.78, 5) is 10.8. The molecule has 0 spiro atoms. The molecule has 0 heterocycles. The Bertz CT molecular complexity index is 621. The number of nitriles is 1. The second-order valence-electron chi connectivity index (χ2n) is 3.23. The minimum atomic E-state index is -4.14. The van der Waals surface area contributed by atoms with Crippen molar-refractivity contribution in [2.45, 2.75) is 0 Å². The fraction of sp³-hybridized carbons (Fsp3) is 0.200. The fourth-order valence-electron chi connectivity index (χ4n) is 1.17. The molecule has 0 saturated heterocycles. The van der Waals surface area contributed by atoms with Crippen LogP contribution in [0.5, 0.6) is 5.75 Å². The van der Waals surface area contributed by atoms with Crippen LogP contribution >= 0.6 is 0 Å². The van der Waals surface area contributed by atoms with E-state index >= 15 is 0 Å². The van der Waals surface area contributed by atoms with Gasteiger partial charge in [-0.15, -0.1) is 0 Å². The summed E-state index contributed by atoms with van der Waals surface area (Å²) in [5, 5.41) is 8.71. The van der Waals surface area contributed by atoms with Gasteiger partial charge in [0.25, 0.3) is 0 Å². The van der Waals surface area contributed by atoms with E-state index in [-0.39, 0.29) is 11.4 Å². The molecule has 1 rings (SSSR count). The predicted molar refractivity (Wildman–Crippen MR) is 65.8 cm³/mol. The van der Waals surface area contributed by atoms with E-state index in [1.54, 1.807) is 4.72 Å². The van der Waals surface area contributed by atoms with Gasteiger partial charge in [-0.1, -0.05) is 0 Å². The lowest BCUT2D eigenvalue weighted by molar-refractivity contribution is 0.177. The van der Waals surface area contributed by atoms with Crippen LogP contribution in [0.3, 0.4) is 0 Å². The third-order valence-electron chi connectivity index (χ3n) is 1.98. The number of ether oxygens (including phenoxy) is 2. The molecule has 0 fully saturated rings. The van der Waals surface area contributed by atoms with Gasteiger partial charge in [0.1, 0.15) is 5.75 Å². The third kappa shape index (κ3) is 4.04. The third-order valence-corrected chi connectivity index (χ3v) is 2.90. The Hall–Kier alpha value is -2.47. The minimum Gasteiger partial charge on any atom is -0.495 e. The van der Waals surface area contributed by atoms with Crippen LogP contribution in [0.2, 0.25) is 0 Å². The zero-order valence-corrected chi connectivity index (χ0v) is 10.9. The lowest BCUT2D eigenvalue weighted by Gasteiger charge is -2.11. The molecule has 102 valence electrons. The second-order valence-corrected chi connectivity index (χ2v) is 4.64. The summed E-state index contributed by atoms with van der Waals surface area (Å²) >= 11 is 0. The number of nitrogens with zero attached hydrogens (tertiary/aromatic N) is 1. The van der Waals surface area contributed by atoms with Crippen LogP contribution in [0.1, 0.15) is 5.56 Å². The molecule has 0 aliphatic heterocycles. The maximum absolute atomic E-state index is 11.5. The van der Waals surface area contributed by atoms with Gasteiger partial charge in [0.15, 0.2) is 0 Å². The Morgan fingerprint density at radius 3 is 2.58 bits per heavy atom. The van der Waals surface area contributed by atoms with Crippen molar-refractivity contribution in [2.24, 2.45) is 0 Å². The highest BCUT2D eigenvalue weighted by molar-refractivity contribution is 7.91. The molecular formula is C10H11N3O5S. The molecule has 1 aromatic rings. The van der Waals surface area contributed by atoms with Gasteiger partial charge in [0.05, 0.1) is 31.5 Å². The van der Waals surface area contributed by atoms with Crippen LogP contribution in [0.25, 0.3) is 0 Å². The van der Waals surface area contributed by atoms with Crippen LogP contribution in [0, 0.1) is 11.3 Å². The first-order valence-corrected chi connectivity index (χ1v) is 6.37. The molecule has 0 saturated carbocycles. The number of amides is 1. The molecule has 19 heavy (non-hydrogen) atoms. The van der Waals surface area contributed by atoms with Gasteiger partial charge in [-0.2, -0.15) is 13.7 Å². The number of hydrogen-bond donors (Lipinski definition) is 2. The van der Waals surface area contributed by atoms with Gasteiger partial charge in [-0.3, -0.25) is 4.72 Å². The van der Waals surface area contributed by atoms with E-state index in [1.165, 1.54) is 25.3 Å². The van der Waals surface area contributed by atoms with Crippen molar-refractivity contribution in [1.82, 2.24) is 4.72 Å². The Labute approximate surface area is 110 Å². The molecule has 1 aromatic carbocycles. The Kier molecular flexibility index (Phi) is 4.55. The summed E-state index contributed by atoms with van der Waals surface area (Å²) in [6, 6.07) is 5.99. The van der Waals surface area contributed by atoms with Crippen molar-refractivity contribution < 1.29 is 22.7 Å². The first-order chi connectivity index (χ1) is 8.91. The number of rotatable bonds is 4. The molecule has 0 radical (unpaired) electrons. The SMILES string of the molecule is COC(=O)NS(=O)(=O)Nc1ccc(C#N)cc1OC. The van der Waals surface area contributed by atoms with Crippen molar-refractivity contribution in [3.8, 4) is 11.8 Å². The zero-order valence-electron chi connectivity index (χ0n) is 10.1. The lowest BCUT2D eigenvalue weighted by Crippen LogP contribution is -2.35. The van der Waals surface area contributed by atoms with E-state index in [0.29, 0.717) is 5.56 Å². The van der Waals surface area contributed by atoms with Crippen LogP contribution in [-0.4, -0.2) is 28.7 Å². The molecular weight excluding hydrogens is 274 g/mol. The Balaban J connectivity index is 3.00. The quantitative estimate of drug-likeness (QED) is 0.835. The Morgan fingerprint density at radius 2 is 2.05 bits per heavy atom. The van der Waals surface area contributed by atoms with Gasteiger partial charge >= 0.3 is 16.3 Å². The highest BCUT2D eigenvalue weighted by atomic mass is 32.2. The maximum atomic E-state index is 11.5. The highest BCUT2D eigenvalue weighted by Crippen LogP contribution is 2.25. The van der Waals surface area contributed by atoms with Crippen molar-refractivity contribution in [1.29, 1.82) is 5.26 Å². The van der Waals surface area contributed by atoms with E-state index < -0.39 is 16.3 Å². The molecule has 0 aromatic heterocycles. The smallest absolute Gasteiger partial charge is 0.422 e. The number of carbonyl (C=O) groups excluding carboxylic acids is 1. The van der Waals surface area contributed by atoms with Crippen LogP contribution < -0.4 is 14.2 Å². The summed E-state index contributed by atoms with van der Waals surface area (Å²) in [5.41, 5.74) is 0.388. The van der Waals surface area contributed by atoms with Crippen molar-refractivity contribution in [3.05, 3.63) is 23.8 Å². The molecule has 2 N–H and O–H groups in total. The number of carbonyl (C=O) groups is 1. The van der Waals surface area contributed by atoms with Gasteiger partial charge in [-0.25, -0.2) is 9.52 Å². The molecule has 8 nitrogen and oxygen atoms in total. The molecule has 1 amide bonds. The highest BCUT2D eigenvalue weighted by Gasteiger charge is 2.16. The van der Waals surface area contributed by atoms with E-state index in [1.807, 2.05) is 6.07 Å². The van der Waals surface area contributed by atoms with Crippen LogP contribution in [0.4, 0.5) is 10.5 Å². The summed E-state index contributed by atoms with van der Waals surface area (Å²) < 4.78 is 35.9. The van der Waals surface area contributed by atoms with Gasteiger partial charge < -0.3 is 9.47 Å². The monoisotopic (exact) mass is 285 g/mol. The fourth-order valence-corrected chi connectivity index (χ4v) is 1.98. The molecule has 0 aliphatic rings. The van der Waals surface area contributed by atoms with E-state index in [0.717, 1.165) is 7.11 Å². The van der Waals surface area contributed by atoms with E-state index in [9.17, 15) is 13.2 Å².